The molecule has 0 spiro atoms. The molecule has 0 fully saturated rings. The number of carbonyl (C=O) groups is 1. The summed E-state index contributed by atoms with van der Waals surface area (Å²) in [5, 5.41) is 12.9. The molecule has 0 aliphatic heterocycles. The predicted molar refractivity (Wildman–Crippen MR) is 106 cm³/mol. The van der Waals surface area contributed by atoms with E-state index in [-0.39, 0.29) is 34.0 Å². The van der Waals surface area contributed by atoms with Crippen molar-refractivity contribution in [2.24, 2.45) is 0 Å². The standard InChI is InChI=1S/C19H14F3N3O4S/c1-2-5-24-13-4-3-9(19(20,21)22)6-10(13)14(15(24)17(27)28)25-16(26)11-7-30-8-12(11)23-18(25)29/h3-4,6-8H,2,5H2,1H3,(H,23,29)(H,27,28). The molecule has 30 heavy (non-hydrogen) atoms. The zero-order valence-corrected chi connectivity index (χ0v) is 16.2. The number of aromatic nitrogens is 3. The summed E-state index contributed by atoms with van der Waals surface area (Å²) in [5.41, 5.74) is -3.08. The topological polar surface area (TPSA) is 97.1 Å². The average molecular weight is 437 g/mol. The van der Waals surface area contributed by atoms with Gasteiger partial charge in [-0.05, 0) is 24.6 Å². The van der Waals surface area contributed by atoms with Gasteiger partial charge in [0.15, 0.2) is 5.69 Å². The van der Waals surface area contributed by atoms with Crippen molar-refractivity contribution in [2.45, 2.75) is 26.1 Å². The lowest BCUT2D eigenvalue weighted by molar-refractivity contribution is -0.137. The van der Waals surface area contributed by atoms with Gasteiger partial charge in [-0.3, -0.25) is 4.79 Å². The molecule has 0 bridgehead atoms. The molecule has 0 amide bonds. The van der Waals surface area contributed by atoms with E-state index < -0.39 is 34.7 Å². The fourth-order valence-corrected chi connectivity index (χ4v) is 4.31. The molecule has 4 aromatic rings. The Morgan fingerprint density at radius 2 is 1.93 bits per heavy atom. The fourth-order valence-electron chi connectivity index (χ4n) is 3.56. The monoisotopic (exact) mass is 437 g/mol. The van der Waals surface area contributed by atoms with Gasteiger partial charge in [-0.15, -0.1) is 11.3 Å². The third-order valence-electron chi connectivity index (χ3n) is 4.78. The first-order chi connectivity index (χ1) is 14.1. The summed E-state index contributed by atoms with van der Waals surface area (Å²) in [6.07, 6.45) is -4.20. The second kappa shape index (κ2) is 6.87. The van der Waals surface area contributed by atoms with E-state index in [9.17, 15) is 32.7 Å². The molecule has 1 aromatic carbocycles. The summed E-state index contributed by atoms with van der Waals surface area (Å²) >= 11 is 1.16. The number of carboxylic acids is 1. The molecule has 0 atom stereocenters. The van der Waals surface area contributed by atoms with Crippen molar-refractivity contribution in [3.8, 4) is 5.69 Å². The molecular formula is C19H14F3N3O4S. The van der Waals surface area contributed by atoms with Gasteiger partial charge in [-0.1, -0.05) is 6.92 Å². The van der Waals surface area contributed by atoms with E-state index in [0.29, 0.717) is 11.0 Å². The summed E-state index contributed by atoms with van der Waals surface area (Å²) < 4.78 is 41.9. The van der Waals surface area contributed by atoms with Gasteiger partial charge in [0.25, 0.3) is 5.56 Å². The number of nitrogens with zero attached hydrogens (tertiary/aromatic N) is 2. The van der Waals surface area contributed by atoms with Gasteiger partial charge >= 0.3 is 17.8 Å². The highest BCUT2D eigenvalue weighted by Crippen LogP contribution is 2.36. The molecule has 3 heterocycles. The molecule has 0 radical (unpaired) electrons. The second-order valence-corrected chi connectivity index (χ2v) is 7.40. The van der Waals surface area contributed by atoms with E-state index in [4.69, 9.17) is 0 Å². The smallest absolute Gasteiger partial charge is 0.416 e. The number of carboxylic acid groups (broad SMARTS) is 1. The SMILES string of the molecule is CCCn1c(C(=O)O)c(-n2c(=O)[nH]c3cscc3c2=O)c2cc(C(F)(F)F)ccc21. The minimum Gasteiger partial charge on any atom is -0.477 e. The molecule has 3 aromatic heterocycles. The van der Waals surface area contributed by atoms with Crippen LogP contribution in [-0.2, 0) is 12.7 Å². The summed E-state index contributed by atoms with van der Waals surface area (Å²) in [6.45, 7) is 1.95. The molecule has 0 aliphatic rings. The van der Waals surface area contributed by atoms with E-state index in [0.717, 1.165) is 29.5 Å². The number of alkyl halides is 3. The Balaban J connectivity index is 2.23. The lowest BCUT2D eigenvalue weighted by atomic mass is 10.1. The summed E-state index contributed by atoms with van der Waals surface area (Å²) in [7, 11) is 0. The Bertz CT molecular complexity index is 1430. The molecule has 7 nitrogen and oxygen atoms in total. The maximum atomic E-state index is 13.3. The molecule has 11 heteroatoms. The third kappa shape index (κ3) is 2.93. The number of aromatic amines is 1. The maximum Gasteiger partial charge on any atom is 0.416 e. The number of hydrogen-bond donors (Lipinski definition) is 2. The van der Waals surface area contributed by atoms with Gasteiger partial charge in [0.05, 0.1) is 27.7 Å². The number of hydrogen-bond acceptors (Lipinski definition) is 4. The quantitative estimate of drug-likeness (QED) is 0.507. The van der Waals surface area contributed by atoms with Gasteiger partial charge in [-0.2, -0.15) is 13.2 Å². The van der Waals surface area contributed by atoms with E-state index >= 15 is 0 Å². The molecule has 156 valence electrons. The number of fused-ring (bicyclic) bond motifs is 2. The zero-order chi connectivity index (χ0) is 21.8. The predicted octanol–water partition coefficient (Wildman–Crippen LogP) is 3.82. The Kier molecular flexibility index (Phi) is 4.57. The lowest BCUT2D eigenvalue weighted by Crippen LogP contribution is -2.34. The van der Waals surface area contributed by atoms with E-state index in [1.54, 1.807) is 12.3 Å². The average Bonchev–Trinajstić information content (AvgIpc) is 3.24. The van der Waals surface area contributed by atoms with Crippen LogP contribution in [0.5, 0.6) is 0 Å². The van der Waals surface area contributed by atoms with E-state index in [2.05, 4.69) is 4.98 Å². The zero-order valence-electron chi connectivity index (χ0n) is 15.4. The largest absolute Gasteiger partial charge is 0.477 e. The number of thiophene rings is 1. The number of halogens is 3. The van der Waals surface area contributed by atoms with Crippen molar-refractivity contribution in [3.63, 3.8) is 0 Å². The van der Waals surface area contributed by atoms with Crippen molar-refractivity contribution in [1.82, 2.24) is 14.1 Å². The number of H-pyrrole nitrogens is 1. The Morgan fingerprint density at radius 3 is 2.57 bits per heavy atom. The molecule has 0 aliphatic carbocycles. The van der Waals surface area contributed by atoms with Crippen LogP contribution in [0.25, 0.3) is 27.5 Å². The molecule has 0 unspecified atom stereocenters. The number of rotatable bonds is 4. The van der Waals surface area contributed by atoms with Crippen LogP contribution in [-0.4, -0.2) is 25.2 Å². The van der Waals surface area contributed by atoms with Crippen molar-refractivity contribution < 1.29 is 23.1 Å². The van der Waals surface area contributed by atoms with Gasteiger partial charge in [-0.25, -0.2) is 14.2 Å². The van der Waals surface area contributed by atoms with Crippen molar-refractivity contribution in [2.75, 3.05) is 0 Å². The molecular weight excluding hydrogens is 423 g/mol. The highest BCUT2D eigenvalue weighted by Gasteiger charge is 2.33. The van der Waals surface area contributed by atoms with Crippen LogP contribution in [0.15, 0.2) is 38.5 Å². The van der Waals surface area contributed by atoms with Crippen molar-refractivity contribution in [3.05, 3.63) is 61.1 Å². The first-order valence-corrected chi connectivity index (χ1v) is 9.77. The van der Waals surface area contributed by atoms with Crippen LogP contribution < -0.4 is 11.2 Å². The number of aryl methyl sites for hydroxylation is 1. The van der Waals surface area contributed by atoms with Crippen molar-refractivity contribution in [1.29, 1.82) is 0 Å². The number of benzene rings is 1. The van der Waals surface area contributed by atoms with E-state index in [1.165, 1.54) is 9.95 Å². The van der Waals surface area contributed by atoms with E-state index in [1.807, 2.05) is 0 Å². The Hall–Kier alpha value is -3.34. The first kappa shape index (κ1) is 20.0. The molecule has 0 saturated carbocycles. The minimum absolute atomic E-state index is 0.138. The van der Waals surface area contributed by atoms with Crippen molar-refractivity contribution >= 4 is 39.1 Å². The van der Waals surface area contributed by atoms with Crippen LogP contribution >= 0.6 is 11.3 Å². The fraction of sp³-hybridized carbons (Fsp3) is 0.211. The molecule has 4 rings (SSSR count). The summed E-state index contributed by atoms with van der Waals surface area (Å²) in [5.74, 6) is -1.46. The number of aromatic carboxylic acids is 1. The van der Waals surface area contributed by atoms with Crippen LogP contribution in [0.4, 0.5) is 13.2 Å². The third-order valence-corrected chi connectivity index (χ3v) is 5.52. The van der Waals surface area contributed by atoms with Gasteiger partial charge in [0.1, 0.15) is 0 Å². The van der Waals surface area contributed by atoms with Crippen LogP contribution in [0.1, 0.15) is 29.4 Å². The van der Waals surface area contributed by atoms with Gasteiger partial charge in [0, 0.05) is 22.7 Å². The summed E-state index contributed by atoms with van der Waals surface area (Å²) in [4.78, 5) is 40.3. The second-order valence-electron chi connectivity index (χ2n) is 6.65. The highest BCUT2D eigenvalue weighted by molar-refractivity contribution is 7.09. The molecule has 0 saturated heterocycles. The summed E-state index contributed by atoms with van der Waals surface area (Å²) in [6, 6.07) is 2.78. The lowest BCUT2D eigenvalue weighted by Gasteiger charge is -2.08. The molecule has 2 N–H and O–H groups in total. The van der Waals surface area contributed by atoms with Gasteiger partial charge < -0.3 is 14.7 Å². The van der Waals surface area contributed by atoms with Crippen LogP contribution in [0.2, 0.25) is 0 Å². The first-order valence-electron chi connectivity index (χ1n) is 8.83. The van der Waals surface area contributed by atoms with Crippen LogP contribution in [0.3, 0.4) is 0 Å². The van der Waals surface area contributed by atoms with Crippen LogP contribution in [0, 0.1) is 0 Å². The minimum atomic E-state index is -4.68. The number of nitrogens with one attached hydrogen (secondary N) is 1. The Labute approximate surface area is 169 Å². The highest BCUT2D eigenvalue weighted by atomic mass is 32.1. The Morgan fingerprint density at radius 1 is 1.20 bits per heavy atom. The maximum absolute atomic E-state index is 13.3. The normalized spacial score (nSPS) is 12.1. The van der Waals surface area contributed by atoms with Gasteiger partial charge in [0.2, 0.25) is 0 Å².